The Balaban J connectivity index is 0.000000438. The lowest BCUT2D eigenvalue weighted by Crippen LogP contribution is -2.09. The topological polar surface area (TPSA) is 104 Å². The number of benzene rings is 2. The molecule has 0 aliphatic carbocycles. The minimum Gasteiger partial charge on any atom is -0.473 e. The molecule has 2 aromatic carbocycles. The molecular weight excluding hydrogens is 414 g/mol. The van der Waals surface area contributed by atoms with Crippen molar-refractivity contribution in [2.45, 2.75) is 11.4 Å². The zero-order chi connectivity index (χ0) is 21.4. The molecule has 0 spiro atoms. The van der Waals surface area contributed by atoms with E-state index in [0.717, 1.165) is 28.8 Å². The first-order valence-electron chi connectivity index (χ1n) is 8.42. The molecule has 3 aromatic rings. The van der Waals surface area contributed by atoms with Crippen LogP contribution in [0.3, 0.4) is 0 Å². The molecule has 152 valence electrons. The molecule has 1 heterocycles. The second kappa shape index (κ2) is 10.5. The Kier molecular flexibility index (Phi) is 8.11. The van der Waals surface area contributed by atoms with Gasteiger partial charge in [-0.2, -0.15) is 0 Å². The fraction of sp³-hybridized carbons (Fsp3) is 0.150. The fourth-order valence-corrected chi connectivity index (χ4v) is 3.01. The summed E-state index contributed by atoms with van der Waals surface area (Å²) in [5.74, 6) is -2.81. The van der Waals surface area contributed by atoms with Crippen LogP contribution in [0.5, 0.6) is 0 Å². The van der Waals surface area contributed by atoms with E-state index in [1.165, 1.54) is 10.5 Å². The van der Waals surface area contributed by atoms with Crippen molar-refractivity contribution >= 4 is 41.2 Å². The molecule has 7 nitrogen and oxygen atoms in total. The van der Waals surface area contributed by atoms with Crippen molar-refractivity contribution in [3.05, 3.63) is 65.3 Å². The monoisotopic (exact) mass is 433 g/mol. The zero-order valence-electron chi connectivity index (χ0n) is 15.8. The van der Waals surface area contributed by atoms with Crippen molar-refractivity contribution in [1.29, 1.82) is 0 Å². The van der Waals surface area contributed by atoms with Crippen LogP contribution < -0.4 is 5.32 Å². The summed E-state index contributed by atoms with van der Waals surface area (Å²) in [5.41, 5.74) is 3.33. The number of carbonyl (C=O) groups is 2. The number of aliphatic carboxylic acids is 2. The normalized spacial score (nSPS) is 10.0. The van der Waals surface area contributed by atoms with Crippen LogP contribution in [0.1, 0.15) is 5.56 Å². The highest BCUT2D eigenvalue weighted by Gasteiger charge is 2.08. The second-order valence-electron chi connectivity index (χ2n) is 5.85. The molecule has 0 bridgehead atoms. The van der Waals surface area contributed by atoms with Gasteiger partial charge in [0.05, 0.1) is 11.9 Å². The predicted molar refractivity (Wildman–Crippen MR) is 114 cm³/mol. The van der Waals surface area contributed by atoms with E-state index < -0.39 is 11.9 Å². The van der Waals surface area contributed by atoms with Crippen LogP contribution in [0.15, 0.2) is 59.6 Å². The minimum absolute atomic E-state index is 0.729. The Labute approximate surface area is 177 Å². The number of rotatable bonds is 5. The number of nitrogens with zero attached hydrogens (tertiary/aromatic N) is 2. The summed E-state index contributed by atoms with van der Waals surface area (Å²) in [6.07, 6.45) is 3.95. The molecule has 0 radical (unpaired) electrons. The summed E-state index contributed by atoms with van der Waals surface area (Å²) in [7, 11) is 2.00. The third-order valence-electron chi connectivity index (χ3n) is 3.90. The molecule has 0 aliphatic heterocycles. The van der Waals surface area contributed by atoms with Gasteiger partial charge in [0, 0.05) is 29.1 Å². The maximum atomic E-state index is 9.10. The molecule has 0 atom stereocenters. The molecule has 0 fully saturated rings. The van der Waals surface area contributed by atoms with Gasteiger partial charge in [0.25, 0.3) is 0 Å². The van der Waals surface area contributed by atoms with Crippen LogP contribution in [0.25, 0.3) is 11.3 Å². The van der Waals surface area contributed by atoms with Crippen molar-refractivity contribution in [1.82, 2.24) is 9.55 Å². The van der Waals surface area contributed by atoms with Crippen LogP contribution >= 0.6 is 23.4 Å². The minimum atomic E-state index is -1.82. The van der Waals surface area contributed by atoms with Crippen molar-refractivity contribution in [3.63, 3.8) is 0 Å². The molecule has 0 aliphatic rings. The first-order chi connectivity index (χ1) is 13.8. The Hall–Kier alpha value is -2.97. The van der Waals surface area contributed by atoms with Gasteiger partial charge in [0.2, 0.25) is 5.95 Å². The third-order valence-corrected chi connectivity index (χ3v) is 4.88. The maximum absolute atomic E-state index is 9.10. The molecule has 0 amide bonds. The average molecular weight is 434 g/mol. The summed E-state index contributed by atoms with van der Waals surface area (Å²) in [4.78, 5) is 23.9. The Morgan fingerprint density at radius 2 is 1.79 bits per heavy atom. The lowest BCUT2D eigenvalue weighted by Gasteiger charge is -2.09. The van der Waals surface area contributed by atoms with E-state index in [1.54, 1.807) is 11.8 Å². The van der Waals surface area contributed by atoms with Crippen molar-refractivity contribution < 1.29 is 19.8 Å². The second-order valence-corrected chi connectivity index (χ2v) is 7.16. The van der Waals surface area contributed by atoms with E-state index >= 15 is 0 Å². The molecule has 3 rings (SSSR count). The number of thioether (sulfide) groups is 1. The smallest absolute Gasteiger partial charge is 0.414 e. The SMILES string of the molecule is CSc1ccc(CNc2ncc(-c3cccc(Cl)c3)n2C)cc1.O=C(O)C(=O)O. The van der Waals surface area contributed by atoms with Gasteiger partial charge in [-0.1, -0.05) is 35.9 Å². The largest absolute Gasteiger partial charge is 0.473 e. The van der Waals surface area contributed by atoms with Gasteiger partial charge < -0.3 is 20.1 Å². The number of halogens is 1. The molecular formula is C20H20ClN3O4S. The fourth-order valence-electron chi connectivity index (χ4n) is 2.41. The van der Waals surface area contributed by atoms with Crippen molar-refractivity contribution in [2.24, 2.45) is 7.05 Å². The van der Waals surface area contributed by atoms with Crippen LogP contribution in [-0.4, -0.2) is 38.0 Å². The number of hydrogen-bond donors (Lipinski definition) is 3. The van der Waals surface area contributed by atoms with Gasteiger partial charge in [-0.3, -0.25) is 0 Å². The van der Waals surface area contributed by atoms with E-state index in [1.807, 2.05) is 42.1 Å². The molecule has 0 saturated carbocycles. The van der Waals surface area contributed by atoms with Gasteiger partial charge in [-0.25, -0.2) is 14.6 Å². The van der Waals surface area contributed by atoms with E-state index in [-0.39, 0.29) is 0 Å². The molecule has 0 unspecified atom stereocenters. The van der Waals surface area contributed by atoms with Gasteiger partial charge in [0.1, 0.15) is 0 Å². The summed E-state index contributed by atoms with van der Waals surface area (Å²) < 4.78 is 2.04. The third kappa shape index (κ3) is 6.55. The Morgan fingerprint density at radius 1 is 1.14 bits per heavy atom. The van der Waals surface area contributed by atoms with E-state index in [4.69, 9.17) is 31.4 Å². The van der Waals surface area contributed by atoms with E-state index in [9.17, 15) is 0 Å². The first-order valence-corrected chi connectivity index (χ1v) is 10.0. The number of carboxylic acid groups (broad SMARTS) is 2. The number of nitrogens with one attached hydrogen (secondary N) is 1. The number of anilines is 1. The van der Waals surface area contributed by atoms with E-state index in [0.29, 0.717) is 0 Å². The average Bonchev–Trinajstić information content (AvgIpc) is 3.07. The molecule has 3 N–H and O–H groups in total. The van der Waals surface area contributed by atoms with Gasteiger partial charge in [-0.05, 0) is 36.1 Å². The van der Waals surface area contributed by atoms with Crippen LogP contribution in [0, 0.1) is 0 Å². The molecule has 29 heavy (non-hydrogen) atoms. The highest BCUT2D eigenvalue weighted by Crippen LogP contribution is 2.24. The maximum Gasteiger partial charge on any atom is 0.414 e. The number of aromatic nitrogens is 2. The molecule has 0 saturated heterocycles. The Morgan fingerprint density at radius 3 is 2.34 bits per heavy atom. The lowest BCUT2D eigenvalue weighted by molar-refractivity contribution is -0.159. The first kappa shape index (κ1) is 22.3. The van der Waals surface area contributed by atoms with Crippen LogP contribution in [-0.2, 0) is 23.2 Å². The summed E-state index contributed by atoms with van der Waals surface area (Å²) in [6.45, 7) is 0.745. The van der Waals surface area contributed by atoms with Gasteiger partial charge in [-0.15, -0.1) is 11.8 Å². The lowest BCUT2D eigenvalue weighted by atomic mass is 10.2. The standard InChI is InChI=1S/C18H18ClN3S.C2H2O4/c1-22-17(14-4-3-5-15(19)10-14)12-21-18(22)20-11-13-6-8-16(23-2)9-7-13;3-1(4)2(5)6/h3-10,12H,11H2,1-2H3,(H,20,21);(H,3,4)(H,5,6). The molecule has 9 heteroatoms. The van der Waals surface area contributed by atoms with Crippen molar-refractivity contribution in [2.75, 3.05) is 11.6 Å². The van der Waals surface area contributed by atoms with Crippen LogP contribution in [0.4, 0.5) is 5.95 Å². The molecule has 1 aromatic heterocycles. The summed E-state index contributed by atoms with van der Waals surface area (Å²) in [6, 6.07) is 16.4. The van der Waals surface area contributed by atoms with E-state index in [2.05, 4.69) is 40.8 Å². The predicted octanol–water partition coefficient (Wildman–Crippen LogP) is 4.23. The summed E-state index contributed by atoms with van der Waals surface area (Å²) >= 11 is 7.82. The number of hydrogen-bond acceptors (Lipinski definition) is 5. The zero-order valence-corrected chi connectivity index (χ0v) is 17.4. The van der Waals surface area contributed by atoms with Crippen molar-refractivity contribution in [3.8, 4) is 11.3 Å². The number of carboxylic acids is 2. The highest BCUT2D eigenvalue weighted by atomic mass is 35.5. The Bertz CT molecular complexity index is 978. The van der Waals surface area contributed by atoms with Gasteiger partial charge >= 0.3 is 11.9 Å². The van der Waals surface area contributed by atoms with Crippen LogP contribution in [0.2, 0.25) is 5.02 Å². The quantitative estimate of drug-likeness (QED) is 0.408. The van der Waals surface area contributed by atoms with Gasteiger partial charge in [0.15, 0.2) is 0 Å². The summed E-state index contributed by atoms with van der Waals surface area (Å²) in [5, 5.41) is 18.9. The number of imidazole rings is 1. The highest BCUT2D eigenvalue weighted by molar-refractivity contribution is 7.98.